The Hall–Kier alpha value is -2.29. The van der Waals surface area contributed by atoms with E-state index in [0.29, 0.717) is 23.0 Å². The van der Waals surface area contributed by atoms with E-state index in [0.717, 1.165) is 27.6 Å². The minimum atomic E-state index is -0.175. The van der Waals surface area contributed by atoms with Crippen molar-refractivity contribution < 1.29 is 4.79 Å². The van der Waals surface area contributed by atoms with Crippen LogP contribution in [0, 0.1) is 0 Å². The van der Waals surface area contributed by atoms with E-state index in [1.807, 2.05) is 42.5 Å². The molecule has 1 atom stereocenters. The van der Waals surface area contributed by atoms with Crippen LogP contribution in [0.15, 0.2) is 67.3 Å². The molecular weight excluding hydrogens is 365 g/mol. The van der Waals surface area contributed by atoms with Crippen molar-refractivity contribution in [3.8, 4) is 0 Å². The fraction of sp³-hybridized carbons (Fsp3) is 0.136. The van der Waals surface area contributed by atoms with Crippen LogP contribution in [0.5, 0.6) is 0 Å². The van der Waals surface area contributed by atoms with Gasteiger partial charge in [-0.3, -0.25) is 4.79 Å². The molecule has 130 valence electrons. The summed E-state index contributed by atoms with van der Waals surface area (Å²) in [7, 11) is 0. The van der Waals surface area contributed by atoms with Crippen LogP contribution in [0.4, 0.5) is 5.69 Å². The van der Waals surface area contributed by atoms with Crippen molar-refractivity contribution in [1.29, 1.82) is 0 Å². The average Bonchev–Trinajstić information content (AvgIpc) is 2.64. The minimum Gasteiger partial charge on any atom is -0.308 e. The number of hydrogen-bond acceptors (Lipinski definition) is 1. The highest BCUT2D eigenvalue weighted by molar-refractivity contribution is 6.36. The zero-order valence-corrected chi connectivity index (χ0v) is 15.6. The molecule has 0 aliphatic carbocycles. The number of anilines is 1. The summed E-state index contributed by atoms with van der Waals surface area (Å²) in [5.74, 6) is -0.125. The minimum absolute atomic E-state index is 0.0497. The predicted molar refractivity (Wildman–Crippen MR) is 109 cm³/mol. The molecule has 0 saturated carbocycles. The number of fused-ring (bicyclic) bond motifs is 3. The van der Waals surface area contributed by atoms with E-state index >= 15 is 0 Å². The van der Waals surface area contributed by atoms with E-state index in [9.17, 15) is 4.79 Å². The maximum absolute atomic E-state index is 12.9. The van der Waals surface area contributed by atoms with Gasteiger partial charge in [0.25, 0.3) is 0 Å². The normalized spacial score (nSPS) is 16.6. The molecule has 3 aromatic carbocycles. The second kappa shape index (κ2) is 6.79. The van der Waals surface area contributed by atoms with E-state index in [1.54, 1.807) is 11.0 Å². The number of carbonyl (C=O) groups is 1. The predicted octanol–water partition coefficient (Wildman–Crippen LogP) is 6.20. The molecule has 0 bridgehead atoms. The lowest BCUT2D eigenvalue weighted by molar-refractivity contribution is -0.119. The van der Waals surface area contributed by atoms with Gasteiger partial charge in [0.15, 0.2) is 0 Å². The van der Waals surface area contributed by atoms with Crippen molar-refractivity contribution in [2.75, 3.05) is 11.4 Å². The van der Waals surface area contributed by atoms with Crippen LogP contribution in [-0.4, -0.2) is 12.5 Å². The number of carbonyl (C=O) groups excluding carboxylic acids is 1. The highest BCUT2D eigenvalue weighted by Crippen LogP contribution is 2.47. The number of nitrogens with zero attached hydrogens (tertiary/aromatic N) is 1. The summed E-state index contributed by atoms with van der Waals surface area (Å²) in [6.45, 7) is 4.27. The van der Waals surface area contributed by atoms with Crippen molar-refractivity contribution >= 4 is 45.6 Å². The molecule has 0 spiro atoms. The summed E-state index contributed by atoms with van der Waals surface area (Å²) in [5.41, 5.74) is 2.82. The Balaban J connectivity index is 2.04. The Kier molecular flexibility index (Phi) is 4.47. The van der Waals surface area contributed by atoms with Crippen LogP contribution in [0.25, 0.3) is 10.8 Å². The molecular formula is C22H17Cl2NO. The lowest BCUT2D eigenvalue weighted by atomic mass is 9.81. The number of hydrogen-bond donors (Lipinski definition) is 0. The lowest BCUT2D eigenvalue weighted by Gasteiger charge is -2.35. The van der Waals surface area contributed by atoms with Gasteiger partial charge in [0, 0.05) is 34.6 Å². The van der Waals surface area contributed by atoms with Gasteiger partial charge in [0.05, 0.1) is 0 Å². The first kappa shape index (κ1) is 17.1. The SMILES string of the molecule is C=CCN1C(=O)CC(c2c(Cl)cccc2Cl)c2c1ccc1ccccc21. The van der Waals surface area contributed by atoms with Crippen LogP contribution in [-0.2, 0) is 4.79 Å². The Morgan fingerprint density at radius 2 is 1.73 bits per heavy atom. The topological polar surface area (TPSA) is 20.3 Å². The third-order valence-corrected chi connectivity index (χ3v) is 5.59. The monoisotopic (exact) mass is 381 g/mol. The van der Waals surface area contributed by atoms with Gasteiger partial charge in [-0.2, -0.15) is 0 Å². The van der Waals surface area contributed by atoms with Gasteiger partial charge in [-0.05, 0) is 40.1 Å². The first-order valence-electron chi connectivity index (χ1n) is 8.48. The van der Waals surface area contributed by atoms with Gasteiger partial charge in [0.2, 0.25) is 5.91 Å². The van der Waals surface area contributed by atoms with Gasteiger partial charge in [-0.25, -0.2) is 0 Å². The Bertz CT molecular complexity index is 1010. The van der Waals surface area contributed by atoms with E-state index in [2.05, 4.69) is 18.7 Å². The van der Waals surface area contributed by atoms with Gasteiger partial charge < -0.3 is 4.90 Å². The van der Waals surface area contributed by atoms with Crippen molar-refractivity contribution in [1.82, 2.24) is 0 Å². The molecule has 4 rings (SSSR count). The molecule has 1 aliphatic rings. The average molecular weight is 382 g/mol. The zero-order valence-electron chi connectivity index (χ0n) is 14.1. The molecule has 1 aliphatic heterocycles. The van der Waals surface area contributed by atoms with Crippen molar-refractivity contribution in [3.05, 3.63) is 88.4 Å². The number of amides is 1. The van der Waals surface area contributed by atoms with Crippen LogP contribution in [0.1, 0.15) is 23.5 Å². The smallest absolute Gasteiger partial charge is 0.228 e. The third kappa shape index (κ3) is 2.70. The first-order chi connectivity index (χ1) is 12.6. The summed E-state index contributed by atoms with van der Waals surface area (Å²) < 4.78 is 0. The first-order valence-corrected chi connectivity index (χ1v) is 9.24. The van der Waals surface area contributed by atoms with Gasteiger partial charge in [-0.1, -0.05) is 65.7 Å². The Labute approximate surface area is 162 Å². The van der Waals surface area contributed by atoms with Crippen molar-refractivity contribution in [3.63, 3.8) is 0 Å². The second-order valence-corrected chi connectivity index (χ2v) is 7.22. The molecule has 1 heterocycles. The van der Waals surface area contributed by atoms with Crippen molar-refractivity contribution in [2.45, 2.75) is 12.3 Å². The fourth-order valence-electron chi connectivity index (χ4n) is 3.83. The molecule has 0 aromatic heterocycles. The van der Waals surface area contributed by atoms with Gasteiger partial charge in [0.1, 0.15) is 0 Å². The summed E-state index contributed by atoms with van der Waals surface area (Å²) >= 11 is 13.0. The summed E-state index contributed by atoms with van der Waals surface area (Å²) in [6.07, 6.45) is 2.08. The number of benzene rings is 3. The molecule has 26 heavy (non-hydrogen) atoms. The largest absolute Gasteiger partial charge is 0.308 e. The molecule has 0 saturated heterocycles. The fourth-order valence-corrected chi connectivity index (χ4v) is 4.49. The third-order valence-electron chi connectivity index (χ3n) is 4.93. The standard InChI is InChI=1S/C22H17Cl2NO/c1-2-12-25-19-11-10-14-6-3-4-7-15(14)21(19)16(13-20(25)26)22-17(23)8-5-9-18(22)24/h2-11,16H,1,12-13H2. The van der Waals surface area contributed by atoms with Crippen LogP contribution < -0.4 is 4.90 Å². The molecule has 0 radical (unpaired) electrons. The Morgan fingerprint density at radius 1 is 1.00 bits per heavy atom. The highest BCUT2D eigenvalue weighted by atomic mass is 35.5. The van der Waals surface area contributed by atoms with E-state index in [-0.39, 0.29) is 11.8 Å². The second-order valence-electron chi connectivity index (χ2n) is 6.40. The molecule has 4 heteroatoms. The van der Waals surface area contributed by atoms with E-state index in [4.69, 9.17) is 23.2 Å². The molecule has 0 N–H and O–H groups in total. The molecule has 0 fully saturated rings. The van der Waals surface area contributed by atoms with Crippen LogP contribution >= 0.6 is 23.2 Å². The summed E-state index contributed by atoms with van der Waals surface area (Å²) in [5, 5.41) is 3.43. The lowest BCUT2D eigenvalue weighted by Crippen LogP contribution is -2.37. The number of halogens is 2. The summed E-state index contributed by atoms with van der Waals surface area (Å²) in [6, 6.07) is 17.7. The summed E-state index contributed by atoms with van der Waals surface area (Å²) in [4.78, 5) is 14.7. The molecule has 1 unspecified atom stereocenters. The van der Waals surface area contributed by atoms with E-state index in [1.165, 1.54) is 0 Å². The van der Waals surface area contributed by atoms with E-state index < -0.39 is 0 Å². The highest BCUT2D eigenvalue weighted by Gasteiger charge is 2.35. The van der Waals surface area contributed by atoms with Gasteiger partial charge in [-0.15, -0.1) is 6.58 Å². The quantitative estimate of drug-likeness (QED) is 0.494. The zero-order chi connectivity index (χ0) is 18.3. The molecule has 2 nitrogen and oxygen atoms in total. The molecule has 3 aromatic rings. The Morgan fingerprint density at radius 3 is 2.46 bits per heavy atom. The van der Waals surface area contributed by atoms with Gasteiger partial charge >= 0.3 is 0 Å². The maximum Gasteiger partial charge on any atom is 0.228 e. The number of rotatable bonds is 3. The van der Waals surface area contributed by atoms with Crippen LogP contribution in [0.2, 0.25) is 10.0 Å². The maximum atomic E-state index is 12.9. The van der Waals surface area contributed by atoms with Crippen molar-refractivity contribution in [2.24, 2.45) is 0 Å². The molecule has 1 amide bonds. The van der Waals surface area contributed by atoms with Crippen LogP contribution in [0.3, 0.4) is 0 Å².